The van der Waals surface area contributed by atoms with Crippen LogP contribution in [0.25, 0.3) is 22.6 Å². The van der Waals surface area contributed by atoms with Crippen molar-refractivity contribution in [3.8, 4) is 28.4 Å². The molecule has 0 radical (unpaired) electrons. The SMILES string of the molecule is CNCC(O)COc1ccc(Cl)c(-c2nc(-c3c(C)noc3C)c(C)c(N3CCC4(CC3)CN(S(C)(=O)=O)C4)n2)c1. The van der Waals surface area contributed by atoms with Gasteiger partial charge < -0.3 is 24.6 Å². The van der Waals surface area contributed by atoms with Crippen LogP contribution in [-0.4, -0.2) is 91.7 Å². The number of aryl methyl sites for hydroxylation is 2. The van der Waals surface area contributed by atoms with E-state index in [1.54, 1.807) is 29.6 Å². The molecule has 222 valence electrons. The number of rotatable bonds is 9. The number of halogens is 1. The molecule has 13 heteroatoms. The van der Waals surface area contributed by atoms with Gasteiger partial charge in [0.05, 0.1) is 28.2 Å². The normalized spacial score (nSPS) is 18.0. The largest absolute Gasteiger partial charge is 0.491 e. The van der Waals surface area contributed by atoms with E-state index < -0.39 is 16.1 Å². The van der Waals surface area contributed by atoms with Gasteiger partial charge in [0, 0.05) is 49.3 Å². The molecule has 2 N–H and O–H groups in total. The number of nitrogens with one attached hydrogen (secondary N) is 1. The number of aliphatic hydroxyl groups is 1. The Morgan fingerprint density at radius 3 is 2.51 bits per heavy atom. The van der Waals surface area contributed by atoms with Gasteiger partial charge in [-0.25, -0.2) is 22.7 Å². The summed E-state index contributed by atoms with van der Waals surface area (Å²) in [5.41, 5.74) is 3.81. The molecule has 4 heterocycles. The lowest BCUT2D eigenvalue weighted by Gasteiger charge is -2.53. The maximum absolute atomic E-state index is 12.0. The summed E-state index contributed by atoms with van der Waals surface area (Å²) in [6.07, 6.45) is 2.36. The predicted molar refractivity (Wildman–Crippen MR) is 158 cm³/mol. The van der Waals surface area contributed by atoms with Crippen LogP contribution in [0, 0.1) is 26.2 Å². The van der Waals surface area contributed by atoms with Crippen LogP contribution in [0.3, 0.4) is 0 Å². The number of aliphatic hydroxyl groups excluding tert-OH is 1. The lowest BCUT2D eigenvalue weighted by molar-refractivity contribution is 0.0441. The number of likely N-dealkylation sites (N-methyl/N-ethyl adjacent to an activating group) is 1. The zero-order valence-electron chi connectivity index (χ0n) is 24.1. The van der Waals surface area contributed by atoms with E-state index in [-0.39, 0.29) is 12.0 Å². The van der Waals surface area contributed by atoms with E-state index in [0.717, 1.165) is 54.3 Å². The number of piperidine rings is 1. The molecule has 1 unspecified atom stereocenters. The first-order chi connectivity index (χ1) is 19.4. The minimum absolute atomic E-state index is 0.0146. The van der Waals surface area contributed by atoms with Crippen LogP contribution in [0.2, 0.25) is 5.02 Å². The molecule has 1 atom stereocenters. The molecular weight excluding hydrogens is 568 g/mol. The summed E-state index contributed by atoms with van der Waals surface area (Å²) in [5.74, 6) is 2.45. The van der Waals surface area contributed by atoms with Gasteiger partial charge in [-0.15, -0.1) is 0 Å². The summed E-state index contributed by atoms with van der Waals surface area (Å²) in [6.45, 7) is 8.93. The highest BCUT2D eigenvalue weighted by molar-refractivity contribution is 7.88. The van der Waals surface area contributed by atoms with E-state index in [9.17, 15) is 13.5 Å². The van der Waals surface area contributed by atoms with E-state index >= 15 is 0 Å². The molecular formula is C28H37ClN6O5S. The van der Waals surface area contributed by atoms with Crippen molar-refractivity contribution >= 4 is 27.4 Å². The third-order valence-corrected chi connectivity index (χ3v) is 9.59. The molecule has 41 heavy (non-hydrogen) atoms. The highest BCUT2D eigenvalue weighted by atomic mass is 35.5. The third-order valence-electron chi connectivity index (χ3n) is 8.07. The van der Waals surface area contributed by atoms with E-state index in [2.05, 4.69) is 15.4 Å². The Labute approximate surface area is 245 Å². The first-order valence-electron chi connectivity index (χ1n) is 13.7. The van der Waals surface area contributed by atoms with Crippen LogP contribution in [0.5, 0.6) is 5.75 Å². The van der Waals surface area contributed by atoms with E-state index in [0.29, 0.717) is 47.6 Å². The molecule has 2 aliphatic rings. The molecule has 11 nitrogen and oxygen atoms in total. The molecule has 2 aromatic heterocycles. The van der Waals surface area contributed by atoms with E-state index in [1.807, 2.05) is 20.8 Å². The number of hydrogen-bond acceptors (Lipinski definition) is 10. The van der Waals surface area contributed by atoms with Gasteiger partial charge in [0.15, 0.2) is 5.82 Å². The van der Waals surface area contributed by atoms with Crippen LogP contribution in [0.1, 0.15) is 29.9 Å². The molecule has 0 aliphatic carbocycles. The van der Waals surface area contributed by atoms with Crippen molar-refractivity contribution in [2.45, 2.75) is 39.7 Å². The van der Waals surface area contributed by atoms with Gasteiger partial charge in [0.1, 0.15) is 30.0 Å². The average molecular weight is 605 g/mol. The fraction of sp³-hybridized carbons (Fsp3) is 0.536. The Hall–Kier alpha value is -2.77. The molecule has 0 saturated carbocycles. The summed E-state index contributed by atoms with van der Waals surface area (Å²) in [7, 11) is -1.40. The number of hydrogen-bond donors (Lipinski definition) is 2. The third kappa shape index (κ3) is 6.07. The molecule has 5 rings (SSSR count). The van der Waals surface area contributed by atoms with Gasteiger partial charge in [-0.1, -0.05) is 16.8 Å². The maximum Gasteiger partial charge on any atom is 0.211 e. The van der Waals surface area contributed by atoms with Crippen molar-refractivity contribution in [3.05, 3.63) is 40.2 Å². The Morgan fingerprint density at radius 2 is 1.90 bits per heavy atom. The van der Waals surface area contributed by atoms with E-state index in [4.69, 9.17) is 30.8 Å². The zero-order valence-corrected chi connectivity index (χ0v) is 25.6. The predicted octanol–water partition coefficient (Wildman–Crippen LogP) is 3.20. The fourth-order valence-corrected chi connectivity index (χ4v) is 6.91. The maximum atomic E-state index is 12.0. The average Bonchev–Trinajstić information content (AvgIpc) is 3.24. The molecule has 2 saturated heterocycles. The van der Waals surface area contributed by atoms with Crippen molar-refractivity contribution in [3.63, 3.8) is 0 Å². The zero-order chi connectivity index (χ0) is 29.5. The Balaban J connectivity index is 1.49. The summed E-state index contributed by atoms with van der Waals surface area (Å²) in [5, 5.41) is 17.6. The molecule has 0 amide bonds. The second kappa shape index (κ2) is 11.5. The van der Waals surface area contributed by atoms with Gasteiger partial charge in [-0.05, 0) is 58.9 Å². The first kappa shape index (κ1) is 29.7. The Kier molecular flexibility index (Phi) is 8.32. The fourth-order valence-electron chi connectivity index (χ4n) is 5.70. The van der Waals surface area contributed by atoms with Crippen molar-refractivity contribution in [1.29, 1.82) is 0 Å². The minimum atomic E-state index is -3.16. The quantitative estimate of drug-likeness (QED) is 0.375. The lowest BCUT2D eigenvalue weighted by Crippen LogP contribution is -2.61. The van der Waals surface area contributed by atoms with E-state index in [1.165, 1.54) is 6.26 Å². The second-order valence-corrected chi connectivity index (χ2v) is 13.6. The van der Waals surface area contributed by atoms with Crippen LogP contribution in [0.4, 0.5) is 5.82 Å². The first-order valence-corrected chi connectivity index (χ1v) is 15.9. The minimum Gasteiger partial charge on any atom is -0.491 e. The van der Waals surface area contributed by atoms with Crippen LogP contribution in [0.15, 0.2) is 22.7 Å². The second-order valence-electron chi connectivity index (χ2n) is 11.2. The number of benzene rings is 1. The lowest BCUT2D eigenvalue weighted by atomic mass is 9.73. The summed E-state index contributed by atoms with van der Waals surface area (Å²) < 4.78 is 36.8. The number of sulfonamides is 1. The van der Waals surface area contributed by atoms with Gasteiger partial charge in [0.2, 0.25) is 10.0 Å². The van der Waals surface area contributed by atoms with Crippen LogP contribution >= 0.6 is 11.6 Å². The monoisotopic (exact) mass is 604 g/mol. The molecule has 0 bridgehead atoms. The van der Waals surface area contributed by atoms with Crippen molar-refractivity contribution in [1.82, 2.24) is 24.7 Å². The summed E-state index contributed by atoms with van der Waals surface area (Å²) >= 11 is 6.68. The molecule has 2 fully saturated rings. The van der Waals surface area contributed by atoms with Gasteiger partial charge >= 0.3 is 0 Å². The van der Waals surface area contributed by atoms with Crippen LogP contribution < -0.4 is 15.0 Å². The topological polar surface area (TPSA) is 134 Å². The van der Waals surface area contributed by atoms with Crippen molar-refractivity contribution < 1.29 is 22.8 Å². The number of anilines is 1. The van der Waals surface area contributed by atoms with Crippen molar-refractivity contribution in [2.24, 2.45) is 5.41 Å². The molecule has 1 spiro atoms. The van der Waals surface area contributed by atoms with Gasteiger partial charge in [-0.3, -0.25) is 0 Å². The summed E-state index contributed by atoms with van der Waals surface area (Å²) in [4.78, 5) is 12.2. The number of aromatic nitrogens is 3. The Bertz CT molecular complexity index is 1510. The standard InChI is InChI=1S/C28H37ClN6O5S/c1-17-25(24-18(2)33-40-19(24)3)31-26(22-12-21(6-7-23(22)29)39-14-20(36)13-30-4)32-27(17)34-10-8-28(9-11-34)15-35(16-28)41(5,37)38/h6-7,12,20,30,36H,8-11,13-16H2,1-5H3. The van der Waals surface area contributed by atoms with Crippen LogP contribution in [-0.2, 0) is 10.0 Å². The van der Waals surface area contributed by atoms with Gasteiger partial charge in [0.25, 0.3) is 0 Å². The smallest absolute Gasteiger partial charge is 0.211 e. The van der Waals surface area contributed by atoms with Crippen molar-refractivity contribution in [2.75, 3.05) is 57.5 Å². The number of nitrogens with zero attached hydrogens (tertiary/aromatic N) is 5. The molecule has 1 aromatic carbocycles. The molecule has 3 aromatic rings. The van der Waals surface area contributed by atoms with Gasteiger partial charge in [-0.2, -0.15) is 0 Å². The highest BCUT2D eigenvalue weighted by Gasteiger charge is 2.48. The highest BCUT2D eigenvalue weighted by Crippen LogP contribution is 2.44. The summed E-state index contributed by atoms with van der Waals surface area (Å²) in [6, 6.07) is 5.29. The Morgan fingerprint density at radius 1 is 1.20 bits per heavy atom. The molecule has 2 aliphatic heterocycles. The number of ether oxygens (including phenoxy) is 1.